The second-order valence-electron chi connectivity index (χ2n) is 3.29. The van der Waals surface area contributed by atoms with Crippen molar-refractivity contribution < 1.29 is 4.74 Å². The Balaban J connectivity index is 3.85. The van der Waals surface area contributed by atoms with E-state index >= 15 is 0 Å². The van der Waals surface area contributed by atoms with Gasteiger partial charge < -0.3 is 10.5 Å². The first kappa shape index (κ1) is 12.4. The Labute approximate surface area is 81.0 Å². The van der Waals surface area contributed by atoms with Crippen molar-refractivity contribution in [1.82, 2.24) is 5.32 Å². The third-order valence-corrected chi connectivity index (χ3v) is 2.09. The second kappa shape index (κ2) is 6.90. The highest BCUT2D eigenvalue weighted by Gasteiger charge is 2.20. The van der Waals surface area contributed by atoms with E-state index in [9.17, 15) is 0 Å². The lowest BCUT2D eigenvalue weighted by Gasteiger charge is -2.28. The van der Waals surface area contributed by atoms with Crippen molar-refractivity contribution in [3.63, 3.8) is 0 Å². The van der Waals surface area contributed by atoms with E-state index < -0.39 is 0 Å². The molecule has 1 atom stereocenters. The molecular weight excluding hydrogens is 164 g/mol. The third kappa shape index (κ3) is 5.64. The second-order valence-corrected chi connectivity index (χ2v) is 3.29. The lowest BCUT2D eigenvalue weighted by Crippen LogP contribution is -2.49. The fourth-order valence-electron chi connectivity index (χ4n) is 0.936. The molecule has 3 nitrogen and oxygen atoms in total. The number of nitrogens with one attached hydrogen (secondary N) is 1. The van der Waals surface area contributed by atoms with Crippen LogP contribution in [-0.2, 0) is 4.74 Å². The largest absolute Gasteiger partial charge is 0.385 e. The predicted octanol–water partition coefficient (Wildman–Crippen LogP) is 0.353. The van der Waals surface area contributed by atoms with Crippen LogP contribution in [0.4, 0.5) is 0 Å². The van der Waals surface area contributed by atoms with Crippen LogP contribution in [0.5, 0.6) is 0 Å². The molecule has 1 unspecified atom stereocenters. The molecule has 3 heteroatoms. The molecule has 0 radical (unpaired) electrons. The van der Waals surface area contributed by atoms with Crippen molar-refractivity contribution in [2.45, 2.75) is 25.8 Å². The lowest BCUT2D eigenvalue weighted by molar-refractivity contribution is 0.163. The summed E-state index contributed by atoms with van der Waals surface area (Å²) in [5.41, 5.74) is 5.61. The van der Waals surface area contributed by atoms with Gasteiger partial charge in [0.15, 0.2) is 0 Å². The highest BCUT2D eigenvalue weighted by Crippen LogP contribution is 2.06. The first-order valence-corrected chi connectivity index (χ1v) is 4.52. The standard InChI is InChI=1S/C10H20N2O/c1-4-5-7-12-10(2,9-11)6-8-13-3/h12H,6-9,11H2,1-3H3. The summed E-state index contributed by atoms with van der Waals surface area (Å²) in [6, 6.07) is 0. The van der Waals surface area contributed by atoms with Crippen molar-refractivity contribution in [2.24, 2.45) is 5.73 Å². The SMILES string of the molecule is CC#CCNC(C)(CN)CCOC. The fraction of sp³-hybridized carbons (Fsp3) is 0.800. The van der Waals surface area contributed by atoms with E-state index in [4.69, 9.17) is 10.5 Å². The molecule has 0 fully saturated rings. The van der Waals surface area contributed by atoms with Gasteiger partial charge in [0.1, 0.15) is 0 Å². The van der Waals surface area contributed by atoms with Crippen LogP contribution in [0, 0.1) is 11.8 Å². The zero-order valence-electron chi connectivity index (χ0n) is 8.81. The van der Waals surface area contributed by atoms with E-state index in [1.165, 1.54) is 0 Å². The first-order chi connectivity index (χ1) is 6.18. The summed E-state index contributed by atoms with van der Waals surface area (Å²) < 4.78 is 5.01. The van der Waals surface area contributed by atoms with Crippen LogP contribution in [0.2, 0.25) is 0 Å². The monoisotopic (exact) mass is 184 g/mol. The van der Waals surface area contributed by atoms with Gasteiger partial charge in [-0.2, -0.15) is 0 Å². The summed E-state index contributed by atoms with van der Waals surface area (Å²) in [5, 5.41) is 3.30. The van der Waals surface area contributed by atoms with E-state index in [2.05, 4.69) is 24.1 Å². The molecule has 0 aromatic heterocycles. The minimum Gasteiger partial charge on any atom is -0.385 e. The molecule has 13 heavy (non-hydrogen) atoms. The first-order valence-electron chi connectivity index (χ1n) is 4.52. The third-order valence-electron chi connectivity index (χ3n) is 2.09. The zero-order valence-corrected chi connectivity index (χ0v) is 8.81. The van der Waals surface area contributed by atoms with Crippen molar-refractivity contribution in [2.75, 3.05) is 26.8 Å². The normalized spacial score (nSPS) is 14.5. The van der Waals surface area contributed by atoms with Gasteiger partial charge in [0.2, 0.25) is 0 Å². The molecule has 0 aliphatic rings. The van der Waals surface area contributed by atoms with Gasteiger partial charge in [-0.15, -0.1) is 5.92 Å². The van der Waals surface area contributed by atoms with Gasteiger partial charge in [-0.05, 0) is 20.3 Å². The Morgan fingerprint density at radius 3 is 2.69 bits per heavy atom. The van der Waals surface area contributed by atoms with E-state index in [-0.39, 0.29) is 5.54 Å². The molecule has 0 saturated heterocycles. The van der Waals surface area contributed by atoms with Gasteiger partial charge in [0.25, 0.3) is 0 Å². The molecule has 0 saturated carbocycles. The minimum atomic E-state index is -0.0557. The number of hydrogen-bond donors (Lipinski definition) is 2. The van der Waals surface area contributed by atoms with Crippen LogP contribution in [0.15, 0.2) is 0 Å². The highest BCUT2D eigenvalue weighted by molar-refractivity contribution is 4.99. The number of methoxy groups -OCH3 is 1. The van der Waals surface area contributed by atoms with Crippen LogP contribution < -0.4 is 11.1 Å². The predicted molar refractivity (Wildman–Crippen MR) is 55.4 cm³/mol. The highest BCUT2D eigenvalue weighted by atomic mass is 16.5. The van der Waals surface area contributed by atoms with Crippen LogP contribution in [0.3, 0.4) is 0 Å². The molecule has 0 amide bonds. The molecule has 0 aromatic carbocycles. The van der Waals surface area contributed by atoms with Gasteiger partial charge in [-0.1, -0.05) is 5.92 Å². The fourth-order valence-corrected chi connectivity index (χ4v) is 0.936. The Morgan fingerprint density at radius 2 is 2.23 bits per heavy atom. The van der Waals surface area contributed by atoms with Crippen molar-refractivity contribution in [3.8, 4) is 11.8 Å². The Morgan fingerprint density at radius 1 is 1.54 bits per heavy atom. The lowest BCUT2D eigenvalue weighted by atomic mass is 9.98. The summed E-state index contributed by atoms with van der Waals surface area (Å²) in [6.07, 6.45) is 0.908. The van der Waals surface area contributed by atoms with E-state index in [1.54, 1.807) is 7.11 Å². The summed E-state index contributed by atoms with van der Waals surface area (Å²) in [5.74, 6) is 5.79. The maximum absolute atomic E-state index is 5.66. The molecule has 76 valence electrons. The Hall–Kier alpha value is -0.560. The number of rotatable bonds is 6. The Kier molecular flexibility index (Phi) is 6.61. The van der Waals surface area contributed by atoms with Gasteiger partial charge in [0, 0.05) is 25.8 Å². The molecule has 0 aliphatic heterocycles. The quantitative estimate of drug-likeness (QED) is 0.586. The Bertz CT molecular complexity index is 183. The smallest absolute Gasteiger partial charge is 0.0580 e. The molecular formula is C10H20N2O. The molecule has 0 aliphatic carbocycles. The summed E-state index contributed by atoms with van der Waals surface area (Å²) in [6.45, 7) is 5.93. The van der Waals surface area contributed by atoms with Crippen LogP contribution in [0.1, 0.15) is 20.3 Å². The summed E-state index contributed by atoms with van der Waals surface area (Å²) in [4.78, 5) is 0. The average Bonchev–Trinajstić information content (AvgIpc) is 2.15. The maximum atomic E-state index is 5.66. The topological polar surface area (TPSA) is 47.3 Å². The zero-order chi connectivity index (χ0) is 10.2. The summed E-state index contributed by atoms with van der Waals surface area (Å²) >= 11 is 0. The minimum absolute atomic E-state index is 0.0557. The number of hydrogen-bond acceptors (Lipinski definition) is 3. The van der Waals surface area contributed by atoms with E-state index in [0.717, 1.165) is 13.0 Å². The summed E-state index contributed by atoms with van der Waals surface area (Å²) in [7, 11) is 1.70. The average molecular weight is 184 g/mol. The molecule has 0 spiro atoms. The molecule has 0 heterocycles. The van der Waals surface area contributed by atoms with Gasteiger partial charge >= 0.3 is 0 Å². The van der Waals surface area contributed by atoms with Crippen molar-refractivity contribution in [3.05, 3.63) is 0 Å². The van der Waals surface area contributed by atoms with Crippen LogP contribution in [-0.4, -0.2) is 32.3 Å². The maximum Gasteiger partial charge on any atom is 0.0580 e. The van der Waals surface area contributed by atoms with Crippen molar-refractivity contribution >= 4 is 0 Å². The van der Waals surface area contributed by atoms with Gasteiger partial charge in [0.05, 0.1) is 6.54 Å². The number of nitrogens with two attached hydrogens (primary N) is 1. The van der Waals surface area contributed by atoms with Gasteiger partial charge in [-0.3, -0.25) is 5.32 Å². The molecule has 0 bridgehead atoms. The van der Waals surface area contributed by atoms with Gasteiger partial charge in [-0.25, -0.2) is 0 Å². The van der Waals surface area contributed by atoms with E-state index in [1.807, 2.05) is 6.92 Å². The molecule has 3 N–H and O–H groups in total. The van der Waals surface area contributed by atoms with Crippen molar-refractivity contribution in [1.29, 1.82) is 0 Å². The van der Waals surface area contributed by atoms with Crippen LogP contribution in [0.25, 0.3) is 0 Å². The molecule has 0 rings (SSSR count). The number of ether oxygens (including phenoxy) is 1. The molecule has 0 aromatic rings. The van der Waals surface area contributed by atoms with E-state index in [0.29, 0.717) is 13.1 Å². The van der Waals surface area contributed by atoms with Crippen LogP contribution >= 0.6 is 0 Å².